The lowest BCUT2D eigenvalue weighted by Gasteiger charge is -2.15. The van der Waals surface area contributed by atoms with Crippen molar-refractivity contribution in [1.82, 2.24) is 5.32 Å². The molecule has 5 heteroatoms. The number of amides is 1. The van der Waals surface area contributed by atoms with E-state index in [-0.39, 0.29) is 12.0 Å². The minimum Gasteiger partial charge on any atom is -0.374 e. The van der Waals surface area contributed by atoms with Gasteiger partial charge in [-0.3, -0.25) is 4.79 Å². The van der Waals surface area contributed by atoms with Crippen LogP contribution >= 0.6 is 23.1 Å². The molecule has 0 fully saturated rings. The van der Waals surface area contributed by atoms with Crippen LogP contribution in [0.2, 0.25) is 0 Å². The summed E-state index contributed by atoms with van der Waals surface area (Å²) in [5, 5.41) is 2.99. The molecule has 0 bridgehead atoms. The highest BCUT2D eigenvalue weighted by Crippen LogP contribution is 2.25. The van der Waals surface area contributed by atoms with Crippen LogP contribution in [-0.4, -0.2) is 25.3 Å². The first-order chi connectivity index (χ1) is 10.7. The van der Waals surface area contributed by atoms with Gasteiger partial charge in [-0.05, 0) is 36.9 Å². The Balaban J connectivity index is 2.02. The number of carbonyl (C=O) groups is 1. The van der Waals surface area contributed by atoms with Crippen molar-refractivity contribution in [2.24, 2.45) is 0 Å². The van der Waals surface area contributed by atoms with Crippen molar-refractivity contribution < 1.29 is 9.53 Å². The second kappa shape index (κ2) is 8.36. The Morgan fingerprint density at radius 3 is 2.73 bits per heavy atom. The average Bonchev–Trinajstić information content (AvgIpc) is 2.95. The third kappa shape index (κ3) is 4.35. The average molecular weight is 335 g/mol. The quantitative estimate of drug-likeness (QED) is 0.767. The molecule has 0 aliphatic carbocycles. The maximum absolute atomic E-state index is 12.4. The molecule has 118 valence electrons. The fourth-order valence-corrected chi connectivity index (χ4v) is 3.90. The van der Waals surface area contributed by atoms with Gasteiger partial charge >= 0.3 is 0 Å². The van der Waals surface area contributed by atoms with Gasteiger partial charge in [0.1, 0.15) is 6.10 Å². The predicted molar refractivity (Wildman–Crippen MR) is 94.0 cm³/mol. The van der Waals surface area contributed by atoms with E-state index in [1.807, 2.05) is 24.3 Å². The molecule has 22 heavy (non-hydrogen) atoms. The summed E-state index contributed by atoms with van der Waals surface area (Å²) < 4.78 is 5.50. The number of hydrogen-bond acceptors (Lipinski definition) is 4. The summed E-state index contributed by atoms with van der Waals surface area (Å²) in [6.45, 7) is 4.62. The Bertz CT molecular complexity index is 625. The molecule has 0 saturated heterocycles. The van der Waals surface area contributed by atoms with Gasteiger partial charge in [-0.25, -0.2) is 0 Å². The van der Waals surface area contributed by atoms with Crippen molar-refractivity contribution in [2.45, 2.75) is 24.8 Å². The summed E-state index contributed by atoms with van der Waals surface area (Å²) in [4.78, 5) is 15.8. The monoisotopic (exact) mass is 335 g/mol. The standard InChI is InChI=1S/C17H21NO2S2/c1-4-21-15-8-6-5-7-13(15)17(19)18-11-14(20-3)16-10-9-12(2)22-16/h5-10,14H,4,11H2,1-3H3,(H,18,19). The third-order valence-electron chi connectivity index (χ3n) is 3.24. The number of aryl methyl sites for hydroxylation is 1. The minimum atomic E-state index is -0.103. The molecule has 2 aromatic rings. The largest absolute Gasteiger partial charge is 0.374 e. The van der Waals surface area contributed by atoms with Gasteiger partial charge in [0.2, 0.25) is 0 Å². The van der Waals surface area contributed by atoms with Crippen molar-refractivity contribution >= 4 is 29.0 Å². The van der Waals surface area contributed by atoms with E-state index < -0.39 is 0 Å². The molecular formula is C17H21NO2S2. The molecule has 1 aromatic heterocycles. The number of hydrogen-bond donors (Lipinski definition) is 1. The Kier molecular flexibility index (Phi) is 6.49. The smallest absolute Gasteiger partial charge is 0.252 e. The lowest BCUT2D eigenvalue weighted by Crippen LogP contribution is -2.29. The Labute approximate surface area is 140 Å². The highest BCUT2D eigenvalue weighted by molar-refractivity contribution is 7.99. The molecular weight excluding hydrogens is 314 g/mol. The maximum Gasteiger partial charge on any atom is 0.252 e. The van der Waals surface area contributed by atoms with Crippen LogP contribution in [0.4, 0.5) is 0 Å². The number of rotatable bonds is 7. The topological polar surface area (TPSA) is 38.3 Å². The van der Waals surface area contributed by atoms with Crippen molar-refractivity contribution in [3.05, 3.63) is 51.7 Å². The van der Waals surface area contributed by atoms with E-state index in [0.29, 0.717) is 6.54 Å². The number of benzene rings is 1. The van der Waals surface area contributed by atoms with Crippen molar-refractivity contribution in [2.75, 3.05) is 19.4 Å². The van der Waals surface area contributed by atoms with Gasteiger partial charge in [0.15, 0.2) is 0 Å². The molecule has 0 radical (unpaired) electrons. The van der Waals surface area contributed by atoms with E-state index in [4.69, 9.17) is 4.74 Å². The van der Waals surface area contributed by atoms with Gasteiger partial charge in [-0.1, -0.05) is 19.1 Å². The van der Waals surface area contributed by atoms with Crippen molar-refractivity contribution in [3.63, 3.8) is 0 Å². The zero-order valence-corrected chi connectivity index (χ0v) is 14.7. The van der Waals surface area contributed by atoms with Crippen LogP contribution in [0.1, 0.15) is 33.1 Å². The van der Waals surface area contributed by atoms with E-state index >= 15 is 0 Å². The van der Waals surface area contributed by atoms with E-state index in [1.54, 1.807) is 30.2 Å². The lowest BCUT2D eigenvalue weighted by atomic mass is 10.2. The first-order valence-corrected chi connectivity index (χ1v) is 9.05. The molecule has 2 rings (SSSR count). The zero-order valence-electron chi connectivity index (χ0n) is 13.1. The van der Waals surface area contributed by atoms with Crippen LogP contribution in [0.15, 0.2) is 41.3 Å². The van der Waals surface area contributed by atoms with Gasteiger partial charge < -0.3 is 10.1 Å². The van der Waals surface area contributed by atoms with Crippen LogP contribution in [-0.2, 0) is 4.74 Å². The van der Waals surface area contributed by atoms with Crippen LogP contribution in [0.3, 0.4) is 0 Å². The summed E-state index contributed by atoms with van der Waals surface area (Å²) >= 11 is 3.38. The Hall–Kier alpha value is -1.30. The number of thioether (sulfide) groups is 1. The highest BCUT2D eigenvalue weighted by atomic mass is 32.2. The van der Waals surface area contributed by atoms with E-state index in [2.05, 4.69) is 31.3 Å². The molecule has 1 amide bonds. The fourth-order valence-electron chi connectivity index (χ4n) is 2.14. The molecule has 1 heterocycles. The fraction of sp³-hybridized carbons (Fsp3) is 0.353. The molecule has 0 saturated carbocycles. The minimum absolute atomic E-state index is 0.0492. The number of methoxy groups -OCH3 is 1. The maximum atomic E-state index is 12.4. The van der Waals surface area contributed by atoms with Gasteiger partial charge in [0.25, 0.3) is 5.91 Å². The summed E-state index contributed by atoms with van der Waals surface area (Å²) in [6.07, 6.45) is -0.103. The third-order valence-corrected chi connectivity index (χ3v) is 5.29. The molecule has 1 aromatic carbocycles. The number of ether oxygens (including phenoxy) is 1. The van der Waals surface area contributed by atoms with Crippen LogP contribution in [0.25, 0.3) is 0 Å². The van der Waals surface area contributed by atoms with E-state index in [1.165, 1.54) is 4.88 Å². The van der Waals surface area contributed by atoms with Gasteiger partial charge in [0, 0.05) is 28.3 Å². The number of carbonyl (C=O) groups excluding carboxylic acids is 1. The van der Waals surface area contributed by atoms with E-state index in [9.17, 15) is 4.79 Å². The first kappa shape index (κ1) is 17.1. The second-order valence-corrected chi connectivity index (χ2v) is 7.44. The second-order valence-electron chi connectivity index (χ2n) is 4.81. The predicted octanol–water partition coefficient (Wildman–Crippen LogP) is 4.29. The summed E-state index contributed by atoms with van der Waals surface area (Å²) in [5.41, 5.74) is 0.728. The first-order valence-electron chi connectivity index (χ1n) is 7.24. The summed E-state index contributed by atoms with van der Waals surface area (Å²) in [6, 6.07) is 11.8. The number of nitrogens with one attached hydrogen (secondary N) is 1. The molecule has 0 aliphatic heterocycles. The summed E-state index contributed by atoms with van der Waals surface area (Å²) in [5.74, 6) is 0.895. The van der Waals surface area contributed by atoms with Crippen LogP contribution in [0, 0.1) is 6.92 Å². The van der Waals surface area contributed by atoms with Crippen LogP contribution in [0.5, 0.6) is 0 Å². The summed E-state index contributed by atoms with van der Waals surface area (Å²) in [7, 11) is 1.67. The molecule has 1 N–H and O–H groups in total. The highest BCUT2D eigenvalue weighted by Gasteiger charge is 2.16. The van der Waals surface area contributed by atoms with Crippen molar-refractivity contribution in [1.29, 1.82) is 0 Å². The van der Waals surface area contributed by atoms with Crippen molar-refractivity contribution in [3.8, 4) is 0 Å². The van der Waals surface area contributed by atoms with Gasteiger partial charge in [-0.2, -0.15) is 0 Å². The Morgan fingerprint density at radius 2 is 2.09 bits per heavy atom. The molecule has 1 unspecified atom stereocenters. The van der Waals surface area contributed by atoms with Gasteiger partial charge in [-0.15, -0.1) is 23.1 Å². The normalized spacial score (nSPS) is 12.1. The molecule has 0 aliphatic rings. The molecule has 3 nitrogen and oxygen atoms in total. The number of thiophene rings is 1. The molecule has 1 atom stereocenters. The molecule has 0 spiro atoms. The SMILES string of the molecule is CCSc1ccccc1C(=O)NCC(OC)c1ccc(C)s1. The van der Waals surface area contributed by atoms with E-state index in [0.717, 1.165) is 21.1 Å². The lowest BCUT2D eigenvalue weighted by molar-refractivity contribution is 0.0835. The van der Waals surface area contributed by atoms with Gasteiger partial charge in [0.05, 0.1) is 5.56 Å². The van der Waals surface area contributed by atoms with Crippen LogP contribution < -0.4 is 5.32 Å². The zero-order chi connectivity index (χ0) is 15.9. The Morgan fingerprint density at radius 1 is 1.32 bits per heavy atom.